The van der Waals surface area contributed by atoms with Gasteiger partial charge in [-0.3, -0.25) is 9.59 Å². The fraction of sp³-hybridized carbons (Fsp3) is 0.176. The van der Waals surface area contributed by atoms with Gasteiger partial charge in [0.15, 0.2) is 0 Å². The molecule has 0 unspecified atom stereocenters. The average Bonchev–Trinajstić information content (AvgIpc) is 2.53. The van der Waals surface area contributed by atoms with Gasteiger partial charge in [-0.1, -0.05) is 45.2 Å². The lowest BCUT2D eigenvalue weighted by Crippen LogP contribution is -2.30. The molecule has 2 aromatic carbocycles. The van der Waals surface area contributed by atoms with Crippen molar-refractivity contribution in [2.45, 2.75) is 13.0 Å². The van der Waals surface area contributed by atoms with E-state index in [1.54, 1.807) is 6.07 Å². The highest BCUT2D eigenvalue weighted by molar-refractivity contribution is 9.10. The summed E-state index contributed by atoms with van der Waals surface area (Å²) in [5.74, 6) is -1.22. The molecule has 0 heterocycles. The van der Waals surface area contributed by atoms with Gasteiger partial charge in [-0.15, -0.1) is 0 Å². The van der Waals surface area contributed by atoms with E-state index in [0.717, 1.165) is 22.2 Å². The molecule has 0 bridgehead atoms. The number of amides is 2. The molecule has 0 aliphatic rings. The molecule has 25 heavy (non-hydrogen) atoms. The first-order chi connectivity index (χ1) is 11.9. The Balaban J connectivity index is 1.77. The predicted molar refractivity (Wildman–Crippen MR) is 99.4 cm³/mol. The number of halogens is 4. The molecule has 0 spiro atoms. The van der Waals surface area contributed by atoms with Crippen molar-refractivity contribution >= 4 is 50.9 Å². The highest BCUT2D eigenvalue weighted by atomic mass is 79.9. The number of nitrogens with one attached hydrogen (secondary N) is 2. The number of carbonyl (C=O) groups excluding carboxylic acids is 2. The van der Waals surface area contributed by atoms with E-state index in [9.17, 15) is 14.0 Å². The minimum atomic E-state index is -0.521. The van der Waals surface area contributed by atoms with Crippen LogP contribution in [0.15, 0.2) is 40.9 Å². The van der Waals surface area contributed by atoms with Gasteiger partial charge in [0.25, 0.3) is 5.91 Å². The van der Waals surface area contributed by atoms with Gasteiger partial charge in [0.1, 0.15) is 5.82 Å². The lowest BCUT2D eigenvalue weighted by Gasteiger charge is -2.09. The molecule has 132 valence electrons. The number of carbonyl (C=O) groups is 2. The van der Waals surface area contributed by atoms with Crippen LogP contribution < -0.4 is 10.6 Å². The summed E-state index contributed by atoms with van der Waals surface area (Å²) in [4.78, 5) is 23.8. The molecule has 2 N–H and O–H groups in total. The largest absolute Gasteiger partial charge is 0.352 e. The van der Waals surface area contributed by atoms with Gasteiger partial charge < -0.3 is 10.6 Å². The molecule has 0 radical (unpaired) electrons. The second kappa shape index (κ2) is 9.17. The van der Waals surface area contributed by atoms with Crippen molar-refractivity contribution in [3.8, 4) is 0 Å². The fourth-order valence-corrected chi connectivity index (χ4v) is 3.00. The smallest absolute Gasteiger partial charge is 0.252 e. The maximum absolute atomic E-state index is 13.0. The topological polar surface area (TPSA) is 58.2 Å². The van der Waals surface area contributed by atoms with Crippen LogP contribution in [-0.4, -0.2) is 18.4 Å². The van der Waals surface area contributed by atoms with Gasteiger partial charge in [0.05, 0.1) is 10.6 Å². The van der Waals surface area contributed by atoms with Crippen LogP contribution in [0.3, 0.4) is 0 Å². The molecule has 2 rings (SSSR count). The van der Waals surface area contributed by atoms with Crippen LogP contribution >= 0.6 is 39.1 Å². The van der Waals surface area contributed by atoms with Crippen LogP contribution in [0.4, 0.5) is 4.39 Å². The van der Waals surface area contributed by atoms with E-state index < -0.39 is 11.7 Å². The molecule has 0 aliphatic heterocycles. The molecule has 0 saturated carbocycles. The second-order valence-corrected chi connectivity index (χ2v) is 6.87. The molecule has 0 saturated heterocycles. The van der Waals surface area contributed by atoms with Crippen molar-refractivity contribution in [1.82, 2.24) is 10.6 Å². The molecule has 0 atom stereocenters. The summed E-state index contributed by atoms with van der Waals surface area (Å²) in [6.45, 7) is 0.426. The van der Waals surface area contributed by atoms with Crippen molar-refractivity contribution in [3.05, 3.63) is 67.9 Å². The molecule has 0 aliphatic carbocycles. The van der Waals surface area contributed by atoms with Crippen molar-refractivity contribution < 1.29 is 14.0 Å². The van der Waals surface area contributed by atoms with Crippen molar-refractivity contribution in [3.63, 3.8) is 0 Å². The summed E-state index contributed by atoms with van der Waals surface area (Å²) >= 11 is 15.2. The number of hydrogen-bond acceptors (Lipinski definition) is 2. The van der Waals surface area contributed by atoms with Gasteiger partial charge >= 0.3 is 0 Å². The lowest BCUT2D eigenvalue weighted by molar-refractivity contribution is -0.121. The molecule has 4 nitrogen and oxygen atoms in total. The van der Waals surface area contributed by atoms with Crippen LogP contribution in [0.25, 0.3) is 0 Å². The van der Waals surface area contributed by atoms with Crippen LogP contribution in [0.5, 0.6) is 0 Å². The predicted octanol–water partition coefficient (Wildman–Crippen LogP) is 4.33. The summed E-state index contributed by atoms with van der Waals surface area (Å²) in [5, 5.41) is 5.86. The van der Waals surface area contributed by atoms with Crippen LogP contribution in [0.2, 0.25) is 10.0 Å². The summed E-state index contributed by atoms with van der Waals surface area (Å²) in [6, 6.07) is 8.89. The van der Waals surface area contributed by atoms with Crippen LogP contribution in [0.1, 0.15) is 22.3 Å². The Hall–Kier alpha value is -1.63. The zero-order valence-corrected chi connectivity index (χ0v) is 16.0. The van der Waals surface area contributed by atoms with E-state index in [-0.39, 0.29) is 29.5 Å². The lowest BCUT2D eigenvalue weighted by atomic mass is 10.2. The Bertz CT molecular complexity index is 802. The Labute approximate surface area is 162 Å². The third-order valence-electron chi connectivity index (χ3n) is 3.30. The van der Waals surface area contributed by atoms with Crippen LogP contribution in [0, 0.1) is 5.82 Å². The van der Waals surface area contributed by atoms with Gasteiger partial charge in [0.2, 0.25) is 5.91 Å². The monoisotopic (exact) mass is 446 g/mol. The number of hydrogen-bond donors (Lipinski definition) is 2. The molecule has 2 aromatic rings. The maximum atomic E-state index is 13.0. The number of benzene rings is 2. The molecule has 0 fully saturated rings. The van der Waals surface area contributed by atoms with E-state index in [1.807, 2.05) is 12.1 Å². The third kappa shape index (κ3) is 5.99. The van der Waals surface area contributed by atoms with E-state index in [0.29, 0.717) is 11.6 Å². The standard InChI is InChI=1S/C17H14BrCl2FN2O2/c18-11-2-1-10(14(19)7-11)9-23-16(24)5-6-22-17(25)13-4-3-12(21)8-15(13)20/h1-4,7-8H,5-6,9H2,(H,22,25)(H,23,24). The summed E-state index contributed by atoms with van der Waals surface area (Å²) in [6.07, 6.45) is 0.0959. The van der Waals surface area contributed by atoms with Crippen LogP contribution in [-0.2, 0) is 11.3 Å². The Kier molecular flexibility index (Phi) is 7.23. The van der Waals surface area contributed by atoms with Gasteiger partial charge in [-0.25, -0.2) is 4.39 Å². The number of rotatable bonds is 6. The molecular weight excluding hydrogens is 434 g/mol. The zero-order valence-electron chi connectivity index (χ0n) is 12.9. The molecule has 2 amide bonds. The first-order valence-corrected chi connectivity index (χ1v) is 8.85. The summed E-state index contributed by atoms with van der Waals surface area (Å²) < 4.78 is 13.8. The van der Waals surface area contributed by atoms with E-state index in [2.05, 4.69) is 26.6 Å². The highest BCUT2D eigenvalue weighted by Gasteiger charge is 2.11. The van der Waals surface area contributed by atoms with Gasteiger partial charge in [0, 0.05) is 29.0 Å². The third-order valence-corrected chi connectivity index (χ3v) is 4.46. The molecular formula is C17H14BrCl2FN2O2. The Morgan fingerprint density at radius 2 is 1.80 bits per heavy atom. The zero-order chi connectivity index (χ0) is 18.4. The minimum Gasteiger partial charge on any atom is -0.352 e. The van der Waals surface area contributed by atoms with E-state index in [4.69, 9.17) is 23.2 Å². The summed E-state index contributed by atoms with van der Waals surface area (Å²) in [5.41, 5.74) is 0.950. The minimum absolute atomic E-state index is 0.0202. The fourth-order valence-electron chi connectivity index (χ4n) is 2.01. The Morgan fingerprint density at radius 1 is 1.04 bits per heavy atom. The van der Waals surface area contributed by atoms with Gasteiger partial charge in [-0.2, -0.15) is 0 Å². The van der Waals surface area contributed by atoms with Crippen molar-refractivity contribution in [2.75, 3.05) is 6.54 Å². The molecule has 0 aromatic heterocycles. The highest BCUT2D eigenvalue weighted by Crippen LogP contribution is 2.21. The maximum Gasteiger partial charge on any atom is 0.252 e. The van der Waals surface area contributed by atoms with E-state index in [1.165, 1.54) is 6.07 Å². The first-order valence-electron chi connectivity index (χ1n) is 7.30. The second-order valence-electron chi connectivity index (χ2n) is 5.14. The SMILES string of the molecule is O=C(CCNC(=O)c1ccc(F)cc1Cl)NCc1ccc(Br)cc1Cl. The normalized spacial score (nSPS) is 10.4. The average molecular weight is 448 g/mol. The molecule has 8 heteroatoms. The van der Waals surface area contributed by atoms with Crippen molar-refractivity contribution in [2.24, 2.45) is 0 Å². The van der Waals surface area contributed by atoms with Gasteiger partial charge in [-0.05, 0) is 35.9 Å². The first kappa shape index (κ1) is 19.7. The van der Waals surface area contributed by atoms with Crippen molar-refractivity contribution in [1.29, 1.82) is 0 Å². The summed E-state index contributed by atoms with van der Waals surface area (Å²) in [7, 11) is 0. The quantitative estimate of drug-likeness (QED) is 0.692. The van der Waals surface area contributed by atoms with E-state index >= 15 is 0 Å². The Morgan fingerprint density at radius 3 is 2.48 bits per heavy atom.